The fourth-order valence-corrected chi connectivity index (χ4v) is 3.12. The van der Waals surface area contributed by atoms with Crippen molar-refractivity contribution in [2.75, 3.05) is 13.1 Å². The van der Waals surface area contributed by atoms with E-state index in [4.69, 9.17) is 4.74 Å². The molecular weight excluding hydrogens is 302 g/mol. The van der Waals surface area contributed by atoms with Gasteiger partial charge in [0.15, 0.2) is 0 Å². The number of likely N-dealkylation sites (tertiary alicyclic amines) is 1. The quantitative estimate of drug-likeness (QED) is 0.782. The van der Waals surface area contributed by atoms with Crippen LogP contribution in [-0.4, -0.2) is 36.0 Å². The first kappa shape index (κ1) is 18.5. The number of amides is 1. The molecule has 4 nitrogen and oxygen atoms in total. The van der Waals surface area contributed by atoms with Gasteiger partial charge in [-0.2, -0.15) is 0 Å². The Hall–Kier alpha value is -1.84. The number of ether oxygens (including phenoxy) is 1. The maximum atomic E-state index is 12.3. The van der Waals surface area contributed by atoms with Crippen LogP contribution in [0.25, 0.3) is 0 Å². The zero-order valence-corrected chi connectivity index (χ0v) is 15.4. The molecule has 0 bridgehead atoms. The van der Waals surface area contributed by atoms with E-state index in [2.05, 4.69) is 38.1 Å². The number of benzene rings is 1. The summed E-state index contributed by atoms with van der Waals surface area (Å²) in [6.45, 7) is 10.9. The molecule has 0 aliphatic carbocycles. The molecule has 0 spiro atoms. The summed E-state index contributed by atoms with van der Waals surface area (Å²) < 4.78 is 5.43. The molecule has 2 atom stereocenters. The van der Waals surface area contributed by atoms with E-state index in [0.717, 1.165) is 12.7 Å². The van der Waals surface area contributed by atoms with Crippen LogP contribution in [0.4, 0.5) is 4.79 Å². The molecule has 1 unspecified atom stereocenters. The second-order valence-corrected chi connectivity index (χ2v) is 8.05. The summed E-state index contributed by atoms with van der Waals surface area (Å²) in [7, 11) is 0. The number of rotatable bonds is 4. The number of aldehydes is 1. The van der Waals surface area contributed by atoms with Gasteiger partial charge in [-0.1, -0.05) is 38.1 Å². The first-order valence-electron chi connectivity index (χ1n) is 8.71. The van der Waals surface area contributed by atoms with E-state index in [1.165, 1.54) is 11.1 Å². The second-order valence-electron chi connectivity index (χ2n) is 8.05. The van der Waals surface area contributed by atoms with Gasteiger partial charge in [0, 0.05) is 19.0 Å². The van der Waals surface area contributed by atoms with Gasteiger partial charge < -0.3 is 14.4 Å². The highest BCUT2D eigenvalue weighted by Gasteiger charge is 2.36. The number of hydrogen-bond donors (Lipinski definition) is 0. The fraction of sp³-hybridized carbons (Fsp3) is 0.600. The highest BCUT2D eigenvalue weighted by Crippen LogP contribution is 2.28. The van der Waals surface area contributed by atoms with Crippen LogP contribution >= 0.6 is 0 Å². The van der Waals surface area contributed by atoms with Gasteiger partial charge in [0.25, 0.3) is 0 Å². The maximum Gasteiger partial charge on any atom is 0.410 e. The lowest BCUT2D eigenvalue weighted by Gasteiger charge is -2.24. The summed E-state index contributed by atoms with van der Waals surface area (Å²) in [4.78, 5) is 25.4. The number of nitrogens with zero attached hydrogens (tertiary/aromatic N) is 1. The van der Waals surface area contributed by atoms with Gasteiger partial charge in [0.05, 0.1) is 0 Å². The van der Waals surface area contributed by atoms with Gasteiger partial charge in [-0.05, 0) is 50.2 Å². The largest absolute Gasteiger partial charge is 0.444 e. The van der Waals surface area contributed by atoms with E-state index in [9.17, 15) is 9.59 Å². The molecule has 1 heterocycles. The van der Waals surface area contributed by atoms with E-state index in [0.29, 0.717) is 19.0 Å². The molecule has 0 saturated carbocycles. The van der Waals surface area contributed by atoms with Gasteiger partial charge in [0.1, 0.15) is 11.9 Å². The minimum absolute atomic E-state index is 0.125. The summed E-state index contributed by atoms with van der Waals surface area (Å²) in [6.07, 6.45) is 1.47. The Morgan fingerprint density at radius 1 is 1.33 bits per heavy atom. The monoisotopic (exact) mass is 331 g/mol. The Balaban J connectivity index is 2.06. The SMILES string of the molecule is CC(C)c1cccc(CC2CN(C(=O)OC(C)(C)C)C[C@@H]2C=O)c1. The van der Waals surface area contributed by atoms with Gasteiger partial charge in [-0.3, -0.25) is 0 Å². The van der Waals surface area contributed by atoms with Crippen molar-refractivity contribution < 1.29 is 14.3 Å². The molecule has 24 heavy (non-hydrogen) atoms. The predicted octanol–water partition coefficient (Wildman–Crippen LogP) is 4.03. The molecule has 4 heteroatoms. The Labute approximate surface area is 145 Å². The lowest BCUT2D eigenvalue weighted by Crippen LogP contribution is -2.35. The summed E-state index contributed by atoms with van der Waals surface area (Å²) >= 11 is 0. The number of carbonyl (C=O) groups excluding carboxylic acids is 2. The summed E-state index contributed by atoms with van der Waals surface area (Å²) in [5, 5.41) is 0. The van der Waals surface area contributed by atoms with E-state index >= 15 is 0 Å². The summed E-state index contributed by atoms with van der Waals surface area (Å²) in [5.74, 6) is 0.506. The van der Waals surface area contributed by atoms with Crippen LogP contribution in [0.5, 0.6) is 0 Å². The third-order valence-electron chi connectivity index (χ3n) is 4.43. The summed E-state index contributed by atoms with van der Waals surface area (Å²) in [5.41, 5.74) is 2.01. The minimum atomic E-state index is -0.516. The van der Waals surface area contributed by atoms with Crippen LogP contribution in [0.15, 0.2) is 24.3 Å². The molecule has 1 aliphatic heterocycles. The zero-order chi connectivity index (χ0) is 17.9. The third-order valence-corrected chi connectivity index (χ3v) is 4.43. The highest BCUT2D eigenvalue weighted by atomic mass is 16.6. The molecular formula is C20H29NO3. The van der Waals surface area contributed by atoms with Crippen LogP contribution in [0.1, 0.15) is 51.7 Å². The van der Waals surface area contributed by atoms with Crippen LogP contribution in [-0.2, 0) is 16.0 Å². The van der Waals surface area contributed by atoms with Gasteiger partial charge >= 0.3 is 6.09 Å². The molecule has 1 aromatic rings. The topological polar surface area (TPSA) is 46.6 Å². The Morgan fingerprint density at radius 3 is 2.62 bits per heavy atom. The lowest BCUT2D eigenvalue weighted by molar-refractivity contribution is -0.111. The van der Waals surface area contributed by atoms with E-state index in [1.54, 1.807) is 4.90 Å². The zero-order valence-electron chi connectivity index (χ0n) is 15.4. The molecule has 1 saturated heterocycles. The third kappa shape index (κ3) is 4.83. The van der Waals surface area contributed by atoms with Crippen LogP contribution in [0.2, 0.25) is 0 Å². The van der Waals surface area contributed by atoms with Gasteiger partial charge in [-0.15, -0.1) is 0 Å². The number of carbonyl (C=O) groups is 2. The molecule has 1 aliphatic rings. The average Bonchev–Trinajstić information content (AvgIpc) is 2.89. The van der Waals surface area contributed by atoms with Crippen molar-refractivity contribution >= 4 is 12.4 Å². The van der Waals surface area contributed by atoms with Crippen molar-refractivity contribution in [3.8, 4) is 0 Å². The van der Waals surface area contributed by atoms with Crippen LogP contribution in [0.3, 0.4) is 0 Å². The molecule has 2 rings (SSSR count). The Bertz CT molecular complexity index is 589. The molecule has 0 aromatic heterocycles. The molecule has 0 radical (unpaired) electrons. The Morgan fingerprint density at radius 2 is 2.04 bits per heavy atom. The maximum absolute atomic E-state index is 12.3. The van der Waals surface area contributed by atoms with Crippen molar-refractivity contribution in [3.05, 3.63) is 35.4 Å². The second kappa shape index (κ2) is 7.37. The smallest absolute Gasteiger partial charge is 0.410 e. The van der Waals surface area contributed by atoms with E-state index in [-0.39, 0.29) is 17.9 Å². The predicted molar refractivity (Wildman–Crippen MR) is 95.1 cm³/mol. The highest BCUT2D eigenvalue weighted by molar-refractivity contribution is 5.70. The average molecular weight is 331 g/mol. The first-order chi connectivity index (χ1) is 11.2. The van der Waals surface area contributed by atoms with E-state index < -0.39 is 5.60 Å². The van der Waals surface area contributed by atoms with E-state index in [1.807, 2.05) is 20.8 Å². The standard InChI is InChI=1S/C20H29NO3/c1-14(2)16-8-6-7-15(9-16)10-17-11-21(12-18(17)13-22)19(23)24-20(3,4)5/h6-9,13-14,17-18H,10-12H2,1-5H3/t17?,18-/m1/s1. The molecule has 1 amide bonds. The lowest BCUT2D eigenvalue weighted by atomic mass is 9.89. The molecule has 1 aromatic carbocycles. The normalized spacial score (nSPS) is 21.2. The Kier molecular flexibility index (Phi) is 5.68. The number of hydrogen-bond acceptors (Lipinski definition) is 3. The van der Waals surface area contributed by atoms with Crippen molar-refractivity contribution in [2.45, 2.75) is 52.6 Å². The van der Waals surface area contributed by atoms with Gasteiger partial charge in [-0.25, -0.2) is 4.79 Å². The van der Waals surface area contributed by atoms with Crippen molar-refractivity contribution in [2.24, 2.45) is 11.8 Å². The fourth-order valence-electron chi connectivity index (χ4n) is 3.12. The molecule has 0 N–H and O–H groups in total. The van der Waals surface area contributed by atoms with Crippen LogP contribution in [0, 0.1) is 11.8 Å². The van der Waals surface area contributed by atoms with Crippen molar-refractivity contribution in [3.63, 3.8) is 0 Å². The van der Waals surface area contributed by atoms with Crippen molar-refractivity contribution in [1.82, 2.24) is 4.90 Å². The molecule has 1 fully saturated rings. The van der Waals surface area contributed by atoms with Crippen LogP contribution < -0.4 is 0 Å². The summed E-state index contributed by atoms with van der Waals surface area (Å²) in [6, 6.07) is 8.51. The molecule has 132 valence electrons. The van der Waals surface area contributed by atoms with Crippen molar-refractivity contribution in [1.29, 1.82) is 0 Å². The minimum Gasteiger partial charge on any atom is -0.444 e. The van der Waals surface area contributed by atoms with Gasteiger partial charge in [0.2, 0.25) is 0 Å². The first-order valence-corrected chi connectivity index (χ1v) is 8.71.